The molecule has 1 fully saturated rings. The zero-order valence-electron chi connectivity index (χ0n) is 3.92. The van der Waals surface area contributed by atoms with Crippen LogP contribution >= 0.6 is 0 Å². The summed E-state index contributed by atoms with van der Waals surface area (Å²) in [5.74, 6) is 0. The summed E-state index contributed by atoms with van der Waals surface area (Å²) in [5, 5.41) is 0. The molecule has 1 saturated heterocycles. The number of nitrogens with two attached hydrogens (primary N) is 1. The van der Waals surface area contributed by atoms with Crippen molar-refractivity contribution in [3.63, 3.8) is 0 Å². The van der Waals surface area contributed by atoms with Gasteiger partial charge in [-0.3, -0.25) is 0 Å². The topological polar surface area (TPSA) is 46.3 Å². The van der Waals surface area contributed by atoms with Crippen LogP contribution in [0, 0.1) is 6.42 Å². The van der Waals surface area contributed by atoms with Crippen LogP contribution in [0.3, 0.4) is 0 Å². The van der Waals surface area contributed by atoms with Gasteiger partial charge in [-0.1, -0.05) is 0 Å². The van der Waals surface area contributed by atoms with E-state index in [1.807, 2.05) is 6.42 Å². The second kappa shape index (κ2) is 1.40. The van der Waals surface area contributed by atoms with E-state index in [1.165, 1.54) is 0 Å². The maximum absolute atomic E-state index is 10.1. The van der Waals surface area contributed by atoms with E-state index in [0.29, 0.717) is 0 Å². The molecule has 1 heterocycles. The number of primary amides is 1. The van der Waals surface area contributed by atoms with Crippen LogP contribution in [-0.4, -0.2) is 24.0 Å². The molecule has 0 aromatic heterocycles. The highest BCUT2D eigenvalue weighted by molar-refractivity contribution is 5.73. The third kappa shape index (κ3) is 0.656. The Bertz CT molecular complexity index is 87.7. The molecule has 3 heteroatoms. The number of rotatable bonds is 0. The summed E-state index contributed by atoms with van der Waals surface area (Å²) >= 11 is 0. The minimum Gasteiger partial charge on any atom is -0.351 e. The van der Waals surface area contributed by atoms with Crippen molar-refractivity contribution in [2.45, 2.75) is 0 Å². The molecule has 7 heavy (non-hydrogen) atoms. The van der Waals surface area contributed by atoms with Gasteiger partial charge in [-0.2, -0.15) is 0 Å². The number of amides is 2. The molecule has 1 radical (unpaired) electrons. The number of hydrogen-bond acceptors (Lipinski definition) is 1. The first-order chi connectivity index (χ1) is 3.30. The first-order valence-corrected chi connectivity index (χ1v) is 2.17. The van der Waals surface area contributed by atoms with Gasteiger partial charge in [0, 0.05) is 19.5 Å². The van der Waals surface area contributed by atoms with Crippen LogP contribution in [0.25, 0.3) is 0 Å². The fourth-order valence-corrected chi connectivity index (χ4v) is 0.438. The van der Waals surface area contributed by atoms with Gasteiger partial charge in [0.2, 0.25) is 0 Å². The molecule has 0 spiro atoms. The molecule has 1 aliphatic rings. The number of hydrogen-bond donors (Lipinski definition) is 1. The van der Waals surface area contributed by atoms with Gasteiger partial charge in [0.15, 0.2) is 0 Å². The Balaban J connectivity index is 2.27. The molecule has 39 valence electrons. The summed E-state index contributed by atoms with van der Waals surface area (Å²) < 4.78 is 0. The minimum absolute atomic E-state index is 0.317. The van der Waals surface area contributed by atoms with Crippen molar-refractivity contribution in [3.8, 4) is 0 Å². The number of carbonyl (C=O) groups is 1. The van der Waals surface area contributed by atoms with Crippen LogP contribution in [0.4, 0.5) is 4.79 Å². The van der Waals surface area contributed by atoms with Crippen LogP contribution in [0.2, 0.25) is 0 Å². The van der Waals surface area contributed by atoms with E-state index in [9.17, 15) is 4.79 Å². The van der Waals surface area contributed by atoms with E-state index in [1.54, 1.807) is 4.90 Å². The molecular weight excluding hydrogens is 92.1 g/mol. The number of likely N-dealkylation sites (tertiary alicyclic amines) is 1. The van der Waals surface area contributed by atoms with Crippen molar-refractivity contribution in [3.05, 3.63) is 6.42 Å². The van der Waals surface area contributed by atoms with Gasteiger partial charge in [0.05, 0.1) is 0 Å². The van der Waals surface area contributed by atoms with E-state index in [-0.39, 0.29) is 6.03 Å². The van der Waals surface area contributed by atoms with Gasteiger partial charge in [0.1, 0.15) is 0 Å². The van der Waals surface area contributed by atoms with E-state index in [4.69, 9.17) is 5.73 Å². The fraction of sp³-hybridized carbons (Fsp3) is 0.500. The number of carbonyl (C=O) groups excluding carboxylic acids is 1. The van der Waals surface area contributed by atoms with E-state index in [0.717, 1.165) is 13.1 Å². The first-order valence-electron chi connectivity index (χ1n) is 2.17. The molecule has 0 unspecified atom stereocenters. The van der Waals surface area contributed by atoms with Gasteiger partial charge < -0.3 is 10.6 Å². The van der Waals surface area contributed by atoms with Crippen molar-refractivity contribution in [2.75, 3.05) is 13.1 Å². The Hall–Kier alpha value is -0.730. The molecule has 2 N–H and O–H groups in total. The summed E-state index contributed by atoms with van der Waals surface area (Å²) in [6.07, 6.45) is 1.99. The lowest BCUT2D eigenvalue weighted by Gasteiger charge is -2.27. The lowest BCUT2D eigenvalue weighted by molar-refractivity contribution is 0.199. The van der Waals surface area contributed by atoms with Crippen molar-refractivity contribution in [1.82, 2.24) is 4.90 Å². The molecule has 2 amide bonds. The predicted molar refractivity (Wildman–Crippen MR) is 25.5 cm³/mol. The average Bonchev–Trinajstić information content (AvgIpc) is 1.23. The Morgan fingerprint density at radius 1 is 1.71 bits per heavy atom. The summed E-state index contributed by atoms with van der Waals surface area (Å²) in [7, 11) is 0. The Labute approximate surface area is 42.1 Å². The second-order valence-corrected chi connectivity index (χ2v) is 1.53. The molecule has 0 aromatic rings. The Morgan fingerprint density at radius 2 is 2.29 bits per heavy atom. The first kappa shape index (κ1) is 4.43. The maximum atomic E-state index is 10.1. The van der Waals surface area contributed by atoms with E-state index < -0.39 is 0 Å². The van der Waals surface area contributed by atoms with Crippen LogP contribution < -0.4 is 5.73 Å². The molecule has 1 aliphatic heterocycles. The van der Waals surface area contributed by atoms with Crippen molar-refractivity contribution < 1.29 is 4.79 Å². The van der Waals surface area contributed by atoms with Crippen LogP contribution in [0.1, 0.15) is 0 Å². The average molecular weight is 99.1 g/mol. The van der Waals surface area contributed by atoms with Gasteiger partial charge in [-0.25, -0.2) is 4.79 Å². The van der Waals surface area contributed by atoms with Gasteiger partial charge in [0.25, 0.3) is 0 Å². The van der Waals surface area contributed by atoms with E-state index in [2.05, 4.69) is 0 Å². The third-order valence-electron chi connectivity index (χ3n) is 1.01. The monoisotopic (exact) mass is 99.1 g/mol. The number of nitrogens with zero attached hydrogens (tertiary/aromatic N) is 1. The SMILES string of the molecule is NC(=O)N1C[CH]C1. The number of urea groups is 1. The quantitative estimate of drug-likeness (QED) is 0.440. The van der Waals surface area contributed by atoms with Crippen molar-refractivity contribution in [2.24, 2.45) is 5.73 Å². The van der Waals surface area contributed by atoms with Crippen LogP contribution in [-0.2, 0) is 0 Å². The normalized spacial score (nSPS) is 18.6. The van der Waals surface area contributed by atoms with Gasteiger partial charge in [-0.05, 0) is 0 Å². The summed E-state index contributed by atoms with van der Waals surface area (Å²) in [5.41, 5.74) is 4.86. The fourth-order valence-electron chi connectivity index (χ4n) is 0.438. The Morgan fingerprint density at radius 3 is 2.29 bits per heavy atom. The Kier molecular flexibility index (Phi) is 0.889. The summed E-state index contributed by atoms with van der Waals surface area (Å²) in [6, 6.07) is -0.317. The third-order valence-corrected chi connectivity index (χ3v) is 1.01. The van der Waals surface area contributed by atoms with Crippen LogP contribution in [0.15, 0.2) is 0 Å². The van der Waals surface area contributed by atoms with Crippen molar-refractivity contribution >= 4 is 6.03 Å². The molecule has 0 atom stereocenters. The molecule has 0 saturated carbocycles. The van der Waals surface area contributed by atoms with E-state index >= 15 is 0 Å². The molecule has 0 bridgehead atoms. The standard InChI is InChI=1S/C4H7N2O/c5-4(7)6-2-1-3-6/h1H,2-3H2,(H2,5,7). The highest BCUT2D eigenvalue weighted by atomic mass is 16.2. The van der Waals surface area contributed by atoms with Gasteiger partial charge in [-0.15, -0.1) is 0 Å². The van der Waals surface area contributed by atoms with Crippen LogP contribution in [0.5, 0.6) is 0 Å². The lowest BCUT2D eigenvalue weighted by atomic mass is 10.2. The van der Waals surface area contributed by atoms with Crippen molar-refractivity contribution in [1.29, 1.82) is 0 Å². The highest BCUT2D eigenvalue weighted by Gasteiger charge is 2.16. The smallest absolute Gasteiger partial charge is 0.314 e. The predicted octanol–water partition coefficient (Wildman–Crippen LogP) is -0.415. The molecule has 0 aromatic carbocycles. The zero-order chi connectivity index (χ0) is 5.28. The minimum atomic E-state index is -0.317. The maximum Gasteiger partial charge on any atom is 0.314 e. The zero-order valence-corrected chi connectivity index (χ0v) is 3.92. The molecular formula is C4H7N2O. The molecule has 1 rings (SSSR count). The lowest BCUT2D eigenvalue weighted by Crippen LogP contribution is -2.45. The highest BCUT2D eigenvalue weighted by Crippen LogP contribution is 2.01. The van der Waals surface area contributed by atoms with Gasteiger partial charge >= 0.3 is 6.03 Å². The second-order valence-electron chi connectivity index (χ2n) is 1.53. The summed E-state index contributed by atoms with van der Waals surface area (Å²) in [4.78, 5) is 11.7. The largest absolute Gasteiger partial charge is 0.351 e. The molecule has 0 aliphatic carbocycles. The molecule has 3 nitrogen and oxygen atoms in total. The summed E-state index contributed by atoms with van der Waals surface area (Å²) in [6.45, 7) is 1.46.